The number of nitrogens with zero attached hydrogens (tertiary/aromatic N) is 2. The summed E-state index contributed by atoms with van der Waals surface area (Å²) in [6.45, 7) is 3.60. The topological polar surface area (TPSA) is 83.7 Å². The van der Waals surface area contributed by atoms with E-state index in [1.54, 1.807) is 13.8 Å². The lowest BCUT2D eigenvalue weighted by Crippen LogP contribution is -2.33. The third-order valence-electron chi connectivity index (χ3n) is 2.65. The van der Waals surface area contributed by atoms with Crippen LogP contribution in [0.5, 0.6) is 0 Å². The van der Waals surface area contributed by atoms with Crippen LogP contribution in [0.1, 0.15) is 20.3 Å². The molecule has 104 valence electrons. The molecule has 7 heteroatoms. The van der Waals surface area contributed by atoms with Crippen molar-refractivity contribution in [3.8, 4) is 0 Å². The Morgan fingerprint density at radius 3 is 2.63 bits per heavy atom. The largest absolute Gasteiger partial charge is 0.481 e. The fourth-order valence-corrected chi connectivity index (χ4v) is 1.79. The Kier molecular flexibility index (Phi) is 4.80. The van der Waals surface area contributed by atoms with E-state index in [2.05, 4.69) is 0 Å². The van der Waals surface area contributed by atoms with E-state index in [1.165, 1.54) is 17.0 Å². The number of carbonyl (C=O) groups is 1. The van der Waals surface area contributed by atoms with Crippen LogP contribution < -0.4 is 4.90 Å². The van der Waals surface area contributed by atoms with Crippen LogP contribution in [0.4, 0.5) is 15.8 Å². The van der Waals surface area contributed by atoms with Crippen LogP contribution in [0.15, 0.2) is 18.2 Å². The first-order chi connectivity index (χ1) is 8.84. The maximum Gasteiger partial charge on any atom is 0.327 e. The molecule has 1 N–H and O–H groups in total. The molecule has 0 bridgehead atoms. The normalized spacial score (nSPS) is 10.5. The summed E-state index contributed by atoms with van der Waals surface area (Å²) in [7, 11) is 0. The van der Waals surface area contributed by atoms with Crippen LogP contribution in [-0.2, 0) is 4.79 Å². The molecule has 19 heavy (non-hydrogen) atoms. The van der Waals surface area contributed by atoms with Crippen molar-refractivity contribution < 1.29 is 19.2 Å². The first-order valence-corrected chi connectivity index (χ1v) is 5.76. The van der Waals surface area contributed by atoms with Gasteiger partial charge in [0.2, 0.25) is 5.82 Å². The van der Waals surface area contributed by atoms with Crippen molar-refractivity contribution in [1.82, 2.24) is 0 Å². The van der Waals surface area contributed by atoms with Gasteiger partial charge in [-0.2, -0.15) is 4.39 Å². The molecule has 6 nitrogen and oxygen atoms in total. The van der Waals surface area contributed by atoms with E-state index in [9.17, 15) is 19.3 Å². The number of rotatable bonds is 6. The van der Waals surface area contributed by atoms with Gasteiger partial charge in [-0.25, -0.2) is 0 Å². The summed E-state index contributed by atoms with van der Waals surface area (Å²) in [5, 5.41) is 19.6. The van der Waals surface area contributed by atoms with E-state index in [4.69, 9.17) is 5.11 Å². The maximum atomic E-state index is 13.5. The minimum absolute atomic E-state index is 0.0806. The Morgan fingerprint density at radius 2 is 2.16 bits per heavy atom. The molecule has 0 aliphatic heterocycles. The van der Waals surface area contributed by atoms with Crippen LogP contribution in [0.3, 0.4) is 0 Å². The molecule has 0 heterocycles. The Morgan fingerprint density at radius 1 is 1.53 bits per heavy atom. The molecule has 1 aromatic rings. The summed E-state index contributed by atoms with van der Waals surface area (Å²) in [6.07, 6.45) is -0.175. The third kappa shape index (κ3) is 3.64. The van der Waals surface area contributed by atoms with Crippen molar-refractivity contribution in [2.75, 3.05) is 11.4 Å². The number of hydrogen-bond donors (Lipinski definition) is 1. The van der Waals surface area contributed by atoms with Crippen molar-refractivity contribution >= 4 is 17.3 Å². The van der Waals surface area contributed by atoms with Crippen molar-refractivity contribution in [1.29, 1.82) is 0 Å². The molecule has 0 spiro atoms. The van der Waals surface area contributed by atoms with Crippen LogP contribution in [0.25, 0.3) is 0 Å². The summed E-state index contributed by atoms with van der Waals surface area (Å²) in [5.74, 6) is -1.94. The third-order valence-corrected chi connectivity index (χ3v) is 2.65. The minimum Gasteiger partial charge on any atom is -0.481 e. The van der Waals surface area contributed by atoms with E-state index < -0.39 is 22.4 Å². The van der Waals surface area contributed by atoms with E-state index >= 15 is 0 Å². The van der Waals surface area contributed by atoms with Gasteiger partial charge in [-0.15, -0.1) is 0 Å². The highest BCUT2D eigenvalue weighted by Crippen LogP contribution is 2.32. The van der Waals surface area contributed by atoms with Crippen LogP contribution in [0, 0.1) is 15.9 Å². The summed E-state index contributed by atoms with van der Waals surface area (Å²) in [5.41, 5.74) is -0.525. The van der Waals surface area contributed by atoms with E-state index in [0.29, 0.717) is 0 Å². The lowest BCUT2D eigenvalue weighted by molar-refractivity contribution is -0.386. The Balaban J connectivity index is 3.19. The number of nitro benzene ring substituents is 1. The average Bonchev–Trinajstić information content (AvgIpc) is 2.27. The number of anilines is 1. The van der Waals surface area contributed by atoms with Gasteiger partial charge in [-0.05, 0) is 26.0 Å². The zero-order chi connectivity index (χ0) is 14.6. The Bertz CT molecular complexity index is 491. The first-order valence-electron chi connectivity index (χ1n) is 5.76. The molecule has 0 atom stereocenters. The summed E-state index contributed by atoms with van der Waals surface area (Å²) < 4.78 is 13.5. The first kappa shape index (κ1) is 14.9. The lowest BCUT2D eigenvalue weighted by atomic mass is 10.2. The van der Waals surface area contributed by atoms with Gasteiger partial charge in [0.05, 0.1) is 11.3 Å². The van der Waals surface area contributed by atoms with Crippen LogP contribution in [0.2, 0.25) is 0 Å². The van der Waals surface area contributed by atoms with Crippen LogP contribution >= 0.6 is 0 Å². The molecule has 0 unspecified atom stereocenters. The second kappa shape index (κ2) is 6.12. The van der Waals surface area contributed by atoms with Gasteiger partial charge in [-0.1, -0.05) is 6.07 Å². The predicted molar refractivity (Wildman–Crippen MR) is 67.8 cm³/mol. The van der Waals surface area contributed by atoms with Gasteiger partial charge < -0.3 is 10.0 Å². The van der Waals surface area contributed by atoms with E-state index in [-0.39, 0.29) is 24.7 Å². The van der Waals surface area contributed by atoms with Crippen molar-refractivity contribution in [3.05, 3.63) is 34.1 Å². The molecule has 0 saturated carbocycles. The second-order valence-corrected chi connectivity index (χ2v) is 4.30. The zero-order valence-electron chi connectivity index (χ0n) is 10.7. The molecule has 0 radical (unpaired) electrons. The van der Waals surface area contributed by atoms with Crippen molar-refractivity contribution in [2.45, 2.75) is 26.3 Å². The number of hydrogen-bond acceptors (Lipinski definition) is 4. The number of carboxylic acids is 1. The van der Waals surface area contributed by atoms with Gasteiger partial charge in [0.25, 0.3) is 0 Å². The van der Waals surface area contributed by atoms with E-state index in [0.717, 1.165) is 6.07 Å². The molecular weight excluding hydrogens is 255 g/mol. The van der Waals surface area contributed by atoms with Crippen LogP contribution in [-0.4, -0.2) is 28.6 Å². The number of nitro groups is 1. The highest BCUT2D eigenvalue weighted by Gasteiger charge is 2.25. The van der Waals surface area contributed by atoms with Gasteiger partial charge >= 0.3 is 11.7 Å². The standard InChI is InChI=1S/C12H15FN2O4/c1-8(2)14(7-6-11(16)17)10-5-3-4-9(13)12(10)15(18)19/h3-5,8H,6-7H2,1-2H3,(H,16,17). The number of para-hydroxylation sites is 1. The van der Waals surface area contributed by atoms with E-state index in [1.807, 2.05) is 0 Å². The minimum atomic E-state index is -1.01. The number of carboxylic acid groups (broad SMARTS) is 1. The predicted octanol–water partition coefficient (Wildman–Crippen LogP) is 2.42. The molecule has 1 rings (SSSR count). The second-order valence-electron chi connectivity index (χ2n) is 4.30. The highest BCUT2D eigenvalue weighted by atomic mass is 19.1. The Hall–Kier alpha value is -2.18. The monoisotopic (exact) mass is 270 g/mol. The summed E-state index contributed by atoms with van der Waals surface area (Å²) >= 11 is 0. The number of benzene rings is 1. The molecule has 0 aromatic heterocycles. The smallest absolute Gasteiger partial charge is 0.327 e. The molecule has 0 aliphatic rings. The van der Waals surface area contributed by atoms with Gasteiger partial charge in [0, 0.05) is 12.6 Å². The average molecular weight is 270 g/mol. The Labute approximate surface area is 109 Å². The van der Waals surface area contributed by atoms with Crippen molar-refractivity contribution in [3.63, 3.8) is 0 Å². The van der Waals surface area contributed by atoms with Crippen molar-refractivity contribution in [2.24, 2.45) is 0 Å². The molecule has 0 amide bonds. The number of halogens is 1. The van der Waals surface area contributed by atoms with Gasteiger partial charge in [-0.3, -0.25) is 14.9 Å². The zero-order valence-corrected chi connectivity index (χ0v) is 10.7. The van der Waals surface area contributed by atoms with Gasteiger partial charge in [0.15, 0.2) is 0 Å². The fraction of sp³-hybridized carbons (Fsp3) is 0.417. The lowest BCUT2D eigenvalue weighted by Gasteiger charge is -2.28. The SMILES string of the molecule is CC(C)N(CCC(=O)O)c1cccc(F)c1[N+](=O)[O-]. The molecular formula is C12H15FN2O4. The quantitative estimate of drug-likeness (QED) is 0.634. The fourth-order valence-electron chi connectivity index (χ4n) is 1.79. The summed E-state index contributed by atoms with van der Waals surface area (Å²) in [4.78, 5) is 22.3. The number of aliphatic carboxylic acids is 1. The van der Waals surface area contributed by atoms with Gasteiger partial charge in [0.1, 0.15) is 5.69 Å². The highest BCUT2D eigenvalue weighted by molar-refractivity contribution is 5.69. The summed E-state index contributed by atoms with van der Waals surface area (Å²) in [6, 6.07) is 3.62. The molecule has 0 aliphatic carbocycles. The molecule has 0 fully saturated rings. The molecule has 0 saturated heterocycles. The maximum absolute atomic E-state index is 13.5. The molecule has 1 aromatic carbocycles.